The molecule has 0 spiro atoms. The molecule has 1 N–H and O–H groups in total. The molecule has 0 aliphatic heterocycles. The number of hydrogen-bond donors (Lipinski definition) is 1. The molecule has 0 bridgehead atoms. The number of aryl methyl sites for hydroxylation is 1. The van der Waals surface area contributed by atoms with Crippen LogP contribution in [0.3, 0.4) is 0 Å². The van der Waals surface area contributed by atoms with Crippen LogP contribution >= 0.6 is 15.9 Å². The first kappa shape index (κ1) is 25.1. The average Bonchev–Trinajstić information content (AvgIpc) is 3.65. The van der Waals surface area contributed by atoms with Crippen LogP contribution < -0.4 is 10.1 Å². The third kappa shape index (κ3) is 6.06. The number of aromatic nitrogens is 3. The Morgan fingerprint density at radius 2 is 2.00 bits per heavy atom. The van der Waals surface area contributed by atoms with Crippen molar-refractivity contribution in [2.24, 2.45) is 0 Å². The molecule has 8 nitrogen and oxygen atoms in total. The topological polar surface area (TPSA) is 93.4 Å². The van der Waals surface area contributed by atoms with Crippen LogP contribution in [0.15, 0.2) is 63.7 Å². The quantitative estimate of drug-likeness (QED) is 0.270. The number of ether oxygens (including phenoxy) is 1. The number of amides is 1. The van der Waals surface area contributed by atoms with E-state index in [9.17, 15) is 4.79 Å². The van der Waals surface area contributed by atoms with E-state index in [-0.39, 0.29) is 5.91 Å². The number of carbonyl (C=O) groups is 1. The van der Waals surface area contributed by atoms with Crippen LogP contribution in [0.4, 0.5) is 5.69 Å². The molecule has 1 saturated carbocycles. The molecule has 1 amide bonds. The number of anilines is 1. The lowest BCUT2D eigenvalue weighted by Gasteiger charge is -2.13. The minimum atomic E-state index is -0.224. The number of hydrogen-bond acceptors (Lipinski definition) is 7. The minimum absolute atomic E-state index is 0.224. The van der Waals surface area contributed by atoms with Gasteiger partial charge in [0.05, 0.1) is 22.1 Å². The van der Waals surface area contributed by atoms with Crippen molar-refractivity contribution in [2.75, 3.05) is 32.6 Å². The predicted octanol–water partition coefficient (Wildman–Crippen LogP) is 5.94. The van der Waals surface area contributed by atoms with Crippen LogP contribution in [0.25, 0.3) is 22.6 Å². The number of benzene rings is 2. The fraction of sp³-hybridized carbons (Fsp3) is 0.286. The van der Waals surface area contributed by atoms with Crippen molar-refractivity contribution in [3.63, 3.8) is 0 Å². The summed E-state index contributed by atoms with van der Waals surface area (Å²) in [6, 6.07) is 15.3. The minimum Gasteiger partial charge on any atom is -0.491 e. The van der Waals surface area contributed by atoms with Crippen LogP contribution in [-0.2, 0) is 0 Å². The Morgan fingerprint density at radius 1 is 1.16 bits per heavy atom. The first-order chi connectivity index (χ1) is 17.9. The van der Waals surface area contributed by atoms with Crippen molar-refractivity contribution in [3.05, 3.63) is 76.2 Å². The second-order valence-corrected chi connectivity index (χ2v) is 10.3. The normalized spacial score (nSPS) is 13.1. The number of nitrogens with zero attached hydrogens (tertiary/aromatic N) is 4. The molecule has 4 aromatic rings. The highest BCUT2D eigenvalue weighted by Gasteiger charge is 2.27. The lowest BCUT2D eigenvalue weighted by atomic mass is 9.97. The van der Waals surface area contributed by atoms with E-state index in [0.29, 0.717) is 41.2 Å². The fourth-order valence-electron chi connectivity index (χ4n) is 4.01. The van der Waals surface area contributed by atoms with Crippen molar-refractivity contribution < 1.29 is 14.1 Å². The zero-order valence-electron chi connectivity index (χ0n) is 21.0. The maximum absolute atomic E-state index is 12.9. The maximum atomic E-state index is 12.9. The predicted molar refractivity (Wildman–Crippen MR) is 146 cm³/mol. The molecule has 190 valence electrons. The SMILES string of the molecule is Cc1nc(-c2ccc(-c3ccc(NC(=O)c4ccc(Br)c(OCCN(C)C)c4)cn3)c(C3CC3)c2)no1. The molecule has 2 aromatic heterocycles. The molecule has 1 fully saturated rings. The van der Waals surface area contributed by atoms with Gasteiger partial charge in [-0.1, -0.05) is 17.3 Å². The molecule has 0 unspecified atom stereocenters. The van der Waals surface area contributed by atoms with Gasteiger partial charge in [0.25, 0.3) is 5.91 Å². The highest BCUT2D eigenvalue weighted by molar-refractivity contribution is 9.10. The molecule has 5 rings (SSSR count). The van der Waals surface area contributed by atoms with Gasteiger partial charge >= 0.3 is 0 Å². The zero-order valence-corrected chi connectivity index (χ0v) is 22.6. The molecule has 1 aliphatic carbocycles. The molecule has 37 heavy (non-hydrogen) atoms. The second kappa shape index (κ2) is 10.8. The zero-order chi connectivity index (χ0) is 25.9. The molecule has 9 heteroatoms. The van der Waals surface area contributed by atoms with Crippen molar-refractivity contribution in [3.8, 4) is 28.4 Å². The lowest BCUT2D eigenvalue weighted by molar-refractivity contribution is 0.102. The van der Waals surface area contributed by atoms with E-state index in [4.69, 9.17) is 9.26 Å². The Morgan fingerprint density at radius 3 is 2.68 bits per heavy atom. The van der Waals surface area contributed by atoms with Crippen LogP contribution in [0.1, 0.15) is 40.6 Å². The maximum Gasteiger partial charge on any atom is 0.255 e. The van der Waals surface area contributed by atoms with Gasteiger partial charge in [-0.05, 0) is 90.7 Å². The molecule has 2 heterocycles. The number of pyridine rings is 1. The van der Waals surface area contributed by atoms with Gasteiger partial charge < -0.3 is 19.5 Å². The first-order valence-corrected chi connectivity index (χ1v) is 13.0. The number of likely N-dealkylation sites (N-methyl/N-ethyl adjacent to an activating group) is 1. The fourth-order valence-corrected chi connectivity index (χ4v) is 4.37. The third-order valence-corrected chi connectivity index (χ3v) is 6.80. The van der Waals surface area contributed by atoms with Crippen LogP contribution in [0, 0.1) is 6.92 Å². The van der Waals surface area contributed by atoms with Crippen LogP contribution in [0.2, 0.25) is 0 Å². The Labute approximate surface area is 224 Å². The van der Waals surface area contributed by atoms with E-state index in [2.05, 4.69) is 48.5 Å². The molecule has 0 saturated heterocycles. The monoisotopic (exact) mass is 561 g/mol. The average molecular weight is 562 g/mol. The van der Waals surface area contributed by atoms with Gasteiger partial charge in [0.15, 0.2) is 0 Å². The van der Waals surface area contributed by atoms with Gasteiger partial charge in [-0.3, -0.25) is 9.78 Å². The van der Waals surface area contributed by atoms with Gasteiger partial charge in [-0.2, -0.15) is 4.98 Å². The molecule has 0 atom stereocenters. The Bertz CT molecular complexity index is 1410. The molecule has 2 aromatic carbocycles. The van der Waals surface area contributed by atoms with E-state index in [1.807, 2.05) is 43.3 Å². The highest BCUT2D eigenvalue weighted by atomic mass is 79.9. The summed E-state index contributed by atoms with van der Waals surface area (Å²) >= 11 is 3.49. The van der Waals surface area contributed by atoms with Crippen molar-refractivity contribution >= 4 is 27.5 Å². The summed E-state index contributed by atoms with van der Waals surface area (Å²) in [5.41, 5.74) is 5.24. The largest absolute Gasteiger partial charge is 0.491 e. The van der Waals surface area contributed by atoms with E-state index < -0.39 is 0 Å². The molecular weight excluding hydrogens is 534 g/mol. The molecule has 0 radical (unpaired) electrons. The number of carbonyl (C=O) groups excluding carboxylic acids is 1. The van der Waals surface area contributed by atoms with Crippen molar-refractivity contribution in [1.29, 1.82) is 0 Å². The van der Waals surface area contributed by atoms with Gasteiger partial charge in [0.1, 0.15) is 12.4 Å². The summed E-state index contributed by atoms with van der Waals surface area (Å²) in [6.07, 6.45) is 4.00. The summed E-state index contributed by atoms with van der Waals surface area (Å²) in [5.74, 6) is 2.06. The first-order valence-electron chi connectivity index (χ1n) is 12.2. The number of halogens is 1. The second-order valence-electron chi connectivity index (χ2n) is 9.40. The van der Waals surface area contributed by atoms with Crippen molar-refractivity contribution in [2.45, 2.75) is 25.7 Å². The van der Waals surface area contributed by atoms with Gasteiger partial charge in [0, 0.05) is 30.2 Å². The smallest absolute Gasteiger partial charge is 0.255 e. The Balaban J connectivity index is 1.30. The van der Waals surface area contributed by atoms with Crippen LogP contribution in [0.5, 0.6) is 5.75 Å². The Kier molecular flexibility index (Phi) is 7.34. The summed E-state index contributed by atoms with van der Waals surface area (Å²) < 4.78 is 11.8. The number of nitrogens with one attached hydrogen (secondary N) is 1. The third-order valence-electron chi connectivity index (χ3n) is 6.14. The van der Waals surface area contributed by atoms with Crippen LogP contribution in [-0.4, -0.2) is 53.2 Å². The molecular formula is C28H28BrN5O3. The Hall–Kier alpha value is -3.56. The molecule has 1 aliphatic rings. The van der Waals surface area contributed by atoms with Gasteiger partial charge in [-0.15, -0.1) is 0 Å². The van der Waals surface area contributed by atoms with E-state index in [1.54, 1.807) is 25.3 Å². The van der Waals surface area contributed by atoms with E-state index in [1.165, 1.54) is 5.56 Å². The standard InChI is InChI=1S/C28H28BrN5O3/c1-17-31-27(33-37-17)19-6-9-22(23(14-19)18-4-5-18)25-11-8-21(16-30-25)32-28(35)20-7-10-24(29)26(15-20)36-13-12-34(2)3/h6-11,14-16,18H,4-5,12-13H2,1-3H3,(H,32,35). The van der Waals surface area contributed by atoms with Gasteiger partial charge in [-0.25, -0.2) is 0 Å². The lowest BCUT2D eigenvalue weighted by Crippen LogP contribution is -2.19. The summed E-state index contributed by atoms with van der Waals surface area (Å²) in [5, 5.41) is 6.98. The van der Waals surface area contributed by atoms with E-state index >= 15 is 0 Å². The summed E-state index contributed by atoms with van der Waals surface area (Å²) in [4.78, 5) is 24.0. The van der Waals surface area contributed by atoms with Gasteiger partial charge in [0.2, 0.25) is 11.7 Å². The van der Waals surface area contributed by atoms with Crippen molar-refractivity contribution in [1.82, 2.24) is 20.0 Å². The number of rotatable bonds is 9. The van der Waals surface area contributed by atoms with E-state index in [0.717, 1.165) is 40.7 Å². The summed E-state index contributed by atoms with van der Waals surface area (Å²) in [6.45, 7) is 3.09. The summed E-state index contributed by atoms with van der Waals surface area (Å²) in [7, 11) is 3.97. The highest BCUT2D eigenvalue weighted by Crippen LogP contribution is 2.45.